The summed E-state index contributed by atoms with van der Waals surface area (Å²) < 4.78 is 8.57. The average molecular weight is 613 g/mol. The Kier molecular flexibility index (Phi) is 5.75. The van der Waals surface area contributed by atoms with E-state index < -0.39 is 0 Å². The molecule has 0 saturated heterocycles. The van der Waals surface area contributed by atoms with Gasteiger partial charge in [-0.05, 0) is 82.3 Å². The first-order valence-electron chi connectivity index (χ1n) is 15.9. The lowest BCUT2D eigenvalue weighted by Gasteiger charge is -2.41. The monoisotopic (exact) mass is 612 g/mol. The van der Waals surface area contributed by atoms with Crippen LogP contribution in [0.25, 0.3) is 67.1 Å². The molecule has 0 bridgehead atoms. The highest BCUT2D eigenvalue weighted by Crippen LogP contribution is 2.51. The highest BCUT2D eigenvalue weighted by molar-refractivity contribution is 6.05. The lowest BCUT2D eigenvalue weighted by atomic mass is 9.82. The molecule has 3 aromatic heterocycles. The molecule has 1 aliphatic rings. The largest absolute Gasteiger partial charge is 0.456 e. The lowest BCUT2D eigenvalue weighted by molar-refractivity contribution is 0.253. The smallest absolute Gasteiger partial charge is 0.212 e. The summed E-state index contributed by atoms with van der Waals surface area (Å²) in [6.45, 7) is 9.15. The summed E-state index contributed by atoms with van der Waals surface area (Å²) in [5, 5.41) is 2.16. The zero-order valence-corrected chi connectivity index (χ0v) is 26.6. The second kappa shape index (κ2) is 9.84. The summed E-state index contributed by atoms with van der Waals surface area (Å²) in [6, 6.07) is 41.2. The number of benzene rings is 5. The average Bonchev–Trinajstić information content (AvgIpc) is 3.71. The standard InChI is InChI=1S/C40H32N6O/c1-39(2)40(3,4)46-32-16-10-9-15-31(32)41-38(46)45(39)28-21-18-26(19-22-28)36-42-35(25-12-6-5-7-13-25)43-37(44-36)27-20-23-30-29-14-8-11-17-33(29)47-34(30)24-27/h5-24H,1-4H3. The molecule has 0 amide bonds. The van der Waals surface area contributed by atoms with E-state index >= 15 is 0 Å². The molecule has 0 saturated carbocycles. The van der Waals surface area contributed by atoms with E-state index in [1.165, 1.54) is 0 Å². The molecule has 0 N–H and O–H groups in total. The van der Waals surface area contributed by atoms with Gasteiger partial charge >= 0.3 is 0 Å². The van der Waals surface area contributed by atoms with Gasteiger partial charge in [0.25, 0.3) is 0 Å². The van der Waals surface area contributed by atoms with Crippen LogP contribution in [0.1, 0.15) is 27.7 Å². The van der Waals surface area contributed by atoms with Crippen molar-refractivity contribution in [3.8, 4) is 34.2 Å². The Morgan fingerprint density at radius 3 is 1.87 bits per heavy atom. The Labute approximate surface area is 272 Å². The molecule has 8 aromatic rings. The maximum Gasteiger partial charge on any atom is 0.212 e. The number of hydrogen-bond donors (Lipinski definition) is 0. The maximum atomic E-state index is 6.20. The Hall–Kier alpha value is -5.82. The summed E-state index contributed by atoms with van der Waals surface area (Å²) >= 11 is 0. The molecule has 0 unspecified atom stereocenters. The van der Waals surface area contributed by atoms with Gasteiger partial charge in [0.2, 0.25) is 5.95 Å². The van der Waals surface area contributed by atoms with Crippen molar-refractivity contribution in [2.45, 2.75) is 38.8 Å². The quantitative estimate of drug-likeness (QED) is 0.197. The van der Waals surface area contributed by atoms with Gasteiger partial charge in [-0.15, -0.1) is 0 Å². The number of nitrogens with zero attached hydrogens (tertiary/aromatic N) is 6. The summed E-state index contributed by atoms with van der Waals surface area (Å²) in [7, 11) is 0. The molecule has 5 aromatic carbocycles. The Bertz CT molecular complexity index is 2470. The number of rotatable bonds is 4. The minimum absolute atomic E-state index is 0.203. The zero-order valence-electron chi connectivity index (χ0n) is 26.6. The zero-order chi connectivity index (χ0) is 31.9. The van der Waals surface area contributed by atoms with Crippen LogP contribution in [0.4, 0.5) is 11.6 Å². The molecule has 0 spiro atoms. The fourth-order valence-electron chi connectivity index (χ4n) is 6.92. The van der Waals surface area contributed by atoms with Crippen molar-refractivity contribution in [1.29, 1.82) is 0 Å². The molecule has 7 nitrogen and oxygen atoms in total. The van der Waals surface area contributed by atoms with Crippen molar-refractivity contribution in [3.05, 3.63) is 121 Å². The predicted octanol–water partition coefficient (Wildman–Crippen LogP) is 9.79. The van der Waals surface area contributed by atoms with Gasteiger partial charge in [-0.25, -0.2) is 19.9 Å². The fraction of sp³-hybridized carbons (Fsp3) is 0.150. The molecule has 0 aliphatic carbocycles. The molecule has 0 fully saturated rings. The van der Waals surface area contributed by atoms with Crippen LogP contribution in [-0.2, 0) is 5.54 Å². The second-order valence-corrected chi connectivity index (χ2v) is 13.2. The van der Waals surface area contributed by atoms with Crippen LogP contribution in [0, 0.1) is 0 Å². The number of fused-ring (bicyclic) bond motifs is 6. The van der Waals surface area contributed by atoms with Crippen LogP contribution in [0.3, 0.4) is 0 Å². The summed E-state index contributed by atoms with van der Waals surface area (Å²) in [4.78, 5) is 22.4. The van der Waals surface area contributed by atoms with Crippen LogP contribution < -0.4 is 4.90 Å². The highest BCUT2D eigenvalue weighted by Gasteiger charge is 2.53. The van der Waals surface area contributed by atoms with Crippen molar-refractivity contribution < 1.29 is 4.42 Å². The number of para-hydroxylation sites is 3. The molecule has 0 radical (unpaired) electrons. The van der Waals surface area contributed by atoms with E-state index in [9.17, 15) is 0 Å². The van der Waals surface area contributed by atoms with Crippen LogP contribution in [-0.4, -0.2) is 30.0 Å². The summed E-state index contributed by atoms with van der Waals surface area (Å²) in [5.41, 5.74) is 7.14. The maximum absolute atomic E-state index is 6.20. The van der Waals surface area contributed by atoms with Crippen LogP contribution in [0.15, 0.2) is 126 Å². The normalized spacial score (nSPS) is 15.1. The number of aromatic nitrogens is 5. The van der Waals surface area contributed by atoms with Crippen LogP contribution in [0.2, 0.25) is 0 Å². The molecule has 7 heteroatoms. The molecular formula is C40H32N6O. The Morgan fingerprint density at radius 2 is 1.11 bits per heavy atom. The molecule has 47 heavy (non-hydrogen) atoms. The third-order valence-electron chi connectivity index (χ3n) is 10.0. The van der Waals surface area contributed by atoms with E-state index in [-0.39, 0.29) is 11.1 Å². The van der Waals surface area contributed by atoms with Gasteiger partial charge in [0.1, 0.15) is 11.2 Å². The SMILES string of the molecule is CC1(C)N(c2ccc(-c3nc(-c4ccccc4)nc(-c4ccc5c(c4)oc4ccccc45)n3)cc2)c2nc3ccccc3n2C1(C)C. The van der Waals surface area contributed by atoms with E-state index in [2.05, 4.69) is 97.8 Å². The molecule has 1 aliphatic heterocycles. The molecule has 228 valence electrons. The highest BCUT2D eigenvalue weighted by atomic mass is 16.3. The molecule has 0 atom stereocenters. The van der Waals surface area contributed by atoms with Crippen molar-refractivity contribution >= 4 is 44.6 Å². The third-order valence-corrected chi connectivity index (χ3v) is 10.0. The number of furan rings is 1. The van der Waals surface area contributed by atoms with Crippen molar-refractivity contribution in [2.24, 2.45) is 0 Å². The van der Waals surface area contributed by atoms with E-state index in [0.717, 1.165) is 61.3 Å². The molecule has 9 rings (SSSR count). The number of imidazole rings is 1. The van der Waals surface area contributed by atoms with E-state index in [4.69, 9.17) is 24.4 Å². The van der Waals surface area contributed by atoms with Crippen molar-refractivity contribution in [1.82, 2.24) is 24.5 Å². The van der Waals surface area contributed by atoms with Gasteiger partial charge in [0.05, 0.1) is 22.1 Å². The topological polar surface area (TPSA) is 72.9 Å². The van der Waals surface area contributed by atoms with Crippen molar-refractivity contribution in [2.75, 3.05) is 4.90 Å². The van der Waals surface area contributed by atoms with Gasteiger partial charge in [-0.2, -0.15) is 0 Å². The van der Waals surface area contributed by atoms with Crippen molar-refractivity contribution in [3.63, 3.8) is 0 Å². The van der Waals surface area contributed by atoms with Gasteiger partial charge in [0, 0.05) is 33.2 Å². The van der Waals surface area contributed by atoms with Crippen LogP contribution >= 0.6 is 0 Å². The van der Waals surface area contributed by atoms with E-state index in [1.807, 2.05) is 60.7 Å². The Balaban J connectivity index is 1.15. The molecule has 4 heterocycles. The summed E-state index contributed by atoms with van der Waals surface area (Å²) in [6.07, 6.45) is 0. The fourth-order valence-corrected chi connectivity index (χ4v) is 6.92. The number of anilines is 2. The first-order valence-corrected chi connectivity index (χ1v) is 15.9. The lowest BCUT2D eigenvalue weighted by Crippen LogP contribution is -2.50. The van der Waals surface area contributed by atoms with Gasteiger partial charge in [-0.3, -0.25) is 0 Å². The second-order valence-electron chi connectivity index (χ2n) is 13.2. The van der Waals surface area contributed by atoms with Gasteiger partial charge < -0.3 is 13.9 Å². The minimum atomic E-state index is -0.239. The van der Waals surface area contributed by atoms with E-state index in [0.29, 0.717) is 17.5 Å². The van der Waals surface area contributed by atoms with E-state index in [1.54, 1.807) is 0 Å². The predicted molar refractivity (Wildman–Crippen MR) is 189 cm³/mol. The Morgan fingerprint density at radius 1 is 0.511 bits per heavy atom. The van der Waals surface area contributed by atoms with Gasteiger partial charge in [0.15, 0.2) is 17.5 Å². The minimum Gasteiger partial charge on any atom is -0.456 e. The summed E-state index contributed by atoms with van der Waals surface area (Å²) in [5.74, 6) is 2.77. The first kappa shape index (κ1) is 27.5. The van der Waals surface area contributed by atoms with Gasteiger partial charge in [-0.1, -0.05) is 66.7 Å². The number of hydrogen-bond acceptors (Lipinski definition) is 6. The first-order chi connectivity index (χ1) is 22.8. The third kappa shape index (κ3) is 4.06. The molecular weight excluding hydrogens is 580 g/mol. The van der Waals surface area contributed by atoms with Crippen LogP contribution in [0.5, 0.6) is 0 Å².